The van der Waals surface area contributed by atoms with Crippen LogP contribution in [0.4, 0.5) is 5.95 Å². The quantitative estimate of drug-likeness (QED) is 0.681. The van der Waals surface area contributed by atoms with Gasteiger partial charge in [-0.3, -0.25) is 10.1 Å². The molecule has 0 atom stereocenters. The lowest BCUT2D eigenvalue weighted by Gasteiger charge is -2.21. The smallest absolute Gasteiger partial charge is 0.268 e. The predicted octanol–water partition coefficient (Wildman–Crippen LogP) is 3.42. The Kier molecular flexibility index (Phi) is 4.32. The number of amides is 1. The van der Waals surface area contributed by atoms with Gasteiger partial charge in [-0.05, 0) is 62.5 Å². The Balaban J connectivity index is 1.42. The molecular weight excluding hydrogens is 320 g/mol. The highest BCUT2D eigenvalue weighted by molar-refractivity contribution is 7.14. The van der Waals surface area contributed by atoms with Gasteiger partial charge in [0.15, 0.2) is 0 Å². The molecule has 0 radical (unpaired) electrons. The number of piperidine rings is 1. The number of benzene rings is 1. The van der Waals surface area contributed by atoms with Crippen molar-refractivity contribution in [3.8, 4) is 0 Å². The fraction of sp³-hybridized carbons (Fsp3) is 0.333. The molecule has 0 aliphatic carbocycles. The first-order chi connectivity index (χ1) is 11.8. The van der Waals surface area contributed by atoms with E-state index in [4.69, 9.17) is 0 Å². The normalized spacial score (nSPS) is 15.7. The topological polar surface area (TPSA) is 69.8 Å². The molecule has 3 N–H and O–H groups in total. The first kappa shape index (κ1) is 15.4. The van der Waals surface area contributed by atoms with E-state index in [0.717, 1.165) is 41.3 Å². The zero-order valence-electron chi connectivity index (χ0n) is 13.3. The lowest BCUT2D eigenvalue weighted by atomic mass is 9.94. The third kappa shape index (κ3) is 3.34. The summed E-state index contributed by atoms with van der Waals surface area (Å²) in [5, 5.41) is 6.25. The highest BCUT2D eigenvalue weighted by Gasteiger charge is 2.16. The van der Waals surface area contributed by atoms with Crippen LogP contribution in [0.5, 0.6) is 0 Å². The Labute approximate surface area is 144 Å². The molecule has 2 aromatic heterocycles. The van der Waals surface area contributed by atoms with Crippen molar-refractivity contribution in [3.63, 3.8) is 0 Å². The maximum atomic E-state index is 12.4. The van der Waals surface area contributed by atoms with Gasteiger partial charge in [-0.2, -0.15) is 0 Å². The molecule has 3 heterocycles. The number of carbonyl (C=O) groups is 1. The van der Waals surface area contributed by atoms with Gasteiger partial charge in [0.25, 0.3) is 5.91 Å². The predicted molar refractivity (Wildman–Crippen MR) is 97.7 cm³/mol. The fourth-order valence-electron chi connectivity index (χ4n) is 3.16. The maximum absolute atomic E-state index is 12.4. The molecule has 1 saturated heterocycles. The zero-order chi connectivity index (χ0) is 16.4. The van der Waals surface area contributed by atoms with E-state index in [1.165, 1.54) is 17.7 Å². The van der Waals surface area contributed by atoms with E-state index in [2.05, 4.69) is 26.7 Å². The first-order valence-electron chi connectivity index (χ1n) is 8.33. The molecule has 0 saturated carbocycles. The van der Waals surface area contributed by atoms with E-state index in [0.29, 0.717) is 5.95 Å². The molecule has 24 heavy (non-hydrogen) atoms. The highest BCUT2D eigenvalue weighted by atomic mass is 32.1. The van der Waals surface area contributed by atoms with Gasteiger partial charge in [0.1, 0.15) is 0 Å². The van der Waals surface area contributed by atoms with Gasteiger partial charge < -0.3 is 10.3 Å². The van der Waals surface area contributed by atoms with Gasteiger partial charge in [-0.15, -0.1) is 11.3 Å². The summed E-state index contributed by atoms with van der Waals surface area (Å²) in [7, 11) is 0. The second-order valence-corrected chi connectivity index (χ2v) is 7.39. The van der Waals surface area contributed by atoms with Crippen LogP contribution in [-0.4, -0.2) is 29.0 Å². The number of hydrogen-bond acceptors (Lipinski definition) is 4. The van der Waals surface area contributed by atoms with E-state index in [1.807, 2.05) is 30.3 Å². The highest BCUT2D eigenvalue weighted by Crippen LogP contribution is 2.24. The van der Waals surface area contributed by atoms with Crippen LogP contribution in [0.1, 0.15) is 27.4 Å². The van der Waals surface area contributed by atoms with Gasteiger partial charge in [0.05, 0.1) is 15.9 Å². The summed E-state index contributed by atoms with van der Waals surface area (Å²) in [5.74, 6) is 1.13. The molecule has 5 nitrogen and oxygen atoms in total. The Morgan fingerprint density at radius 1 is 1.21 bits per heavy atom. The lowest BCUT2D eigenvalue weighted by molar-refractivity contribution is 0.103. The first-order valence-corrected chi connectivity index (χ1v) is 9.15. The summed E-state index contributed by atoms with van der Waals surface area (Å²) in [6.07, 6.45) is 3.51. The number of carbonyl (C=O) groups excluding carboxylic acids is 1. The van der Waals surface area contributed by atoms with Crippen LogP contribution in [0.15, 0.2) is 36.4 Å². The number of hydrogen-bond donors (Lipinski definition) is 3. The number of thiophene rings is 1. The summed E-state index contributed by atoms with van der Waals surface area (Å²) >= 11 is 1.59. The van der Waals surface area contributed by atoms with E-state index in [9.17, 15) is 4.79 Å². The molecule has 6 heteroatoms. The molecule has 0 bridgehead atoms. The van der Waals surface area contributed by atoms with Crippen LogP contribution in [0, 0.1) is 5.92 Å². The molecule has 1 aromatic carbocycles. The third-order valence-electron chi connectivity index (χ3n) is 4.46. The fourth-order valence-corrected chi connectivity index (χ4v) is 4.18. The molecule has 124 valence electrons. The molecule has 4 rings (SSSR count). The number of nitrogens with one attached hydrogen (secondary N) is 3. The molecule has 0 spiro atoms. The van der Waals surface area contributed by atoms with Crippen molar-refractivity contribution in [2.45, 2.75) is 19.3 Å². The van der Waals surface area contributed by atoms with E-state index in [-0.39, 0.29) is 5.91 Å². The van der Waals surface area contributed by atoms with Crippen LogP contribution in [0.2, 0.25) is 0 Å². The van der Waals surface area contributed by atoms with Gasteiger partial charge in [0.2, 0.25) is 5.95 Å². The Bertz CT molecular complexity index is 814. The number of imidazole rings is 1. The van der Waals surface area contributed by atoms with Crippen LogP contribution in [-0.2, 0) is 6.42 Å². The molecule has 1 amide bonds. The minimum absolute atomic E-state index is 0.101. The zero-order valence-corrected chi connectivity index (χ0v) is 14.2. The van der Waals surface area contributed by atoms with E-state index < -0.39 is 0 Å². The minimum Gasteiger partial charge on any atom is -0.324 e. The van der Waals surface area contributed by atoms with Crippen molar-refractivity contribution in [1.82, 2.24) is 15.3 Å². The number of para-hydroxylation sites is 2. The molecule has 1 aliphatic heterocycles. The Morgan fingerprint density at radius 2 is 2.04 bits per heavy atom. The van der Waals surface area contributed by atoms with Crippen LogP contribution < -0.4 is 10.6 Å². The lowest BCUT2D eigenvalue weighted by Crippen LogP contribution is -2.28. The largest absolute Gasteiger partial charge is 0.324 e. The number of anilines is 1. The average molecular weight is 340 g/mol. The van der Waals surface area contributed by atoms with Crippen molar-refractivity contribution in [2.75, 3.05) is 18.4 Å². The second kappa shape index (κ2) is 6.75. The minimum atomic E-state index is -0.101. The van der Waals surface area contributed by atoms with Crippen molar-refractivity contribution in [3.05, 3.63) is 46.2 Å². The van der Waals surface area contributed by atoms with Crippen molar-refractivity contribution >= 4 is 34.2 Å². The summed E-state index contributed by atoms with van der Waals surface area (Å²) in [6.45, 7) is 2.21. The number of H-pyrrole nitrogens is 1. The van der Waals surface area contributed by atoms with Crippen molar-refractivity contribution in [1.29, 1.82) is 0 Å². The summed E-state index contributed by atoms with van der Waals surface area (Å²) in [5.41, 5.74) is 1.77. The van der Waals surface area contributed by atoms with Crippen LogP contribution in [0.3, 0.4) is 0 Å². The molecule has 3 aromatic rings. The van der Waals surface area contributed by atoms with E-state index in [1.54, 1.807) is 11.3 Å². The van der Waals surface area contributed by atoms with Crippen LogP contribution >= 0.6 is 11.3 Å². The molecule has 1 fully saturated rings. The van der Waals surface area contributed by atoms with Crippen molar-refractivity contribution in [2.24, 2.45) is 5.92 Å². The Hall–Kier alpha value is -2.18. The van der Waals surface area contributed by atoms with Crippen molar-refractivity contribution < 1.29 is 4.79 Å². The standard InChI is InChI=1S/C18H20N4OS/c23-17(22-18-20-14-3-1-2-4-15(14)21-18)16-6-5-13(24-16)11-12-7-9-19-10-8-12/h1-6,12,19H,7-11H2,(H2,20,21,22,23). The molecular formula is C18H20N4OS. The SMILES string of the molecule is O=C(Nc1nc2ccccc2[nH]1)c1ccc(CC2CCNCC2)s1. The van der Waals surface area contributed by atoms with Crippen LogP contribution in [0.25, 0.3) is 11.0 Å². The van der Waals surface area contributed by atoms with Gasteiger partial charge in [-0.25, -0.2) is 4.98 Å². The second-order valence-electron chi connectivity index (χ2n) is 6.22. The summed E-state index contributed by atoms with van der Waals surface area (Å²) in [4.78, 5) is 22.0. The number of fused-ring (bicyclic) bond motifs is 1. The number of aromatic amines is 1. The maximum Gasteiger partial charge on any atom is 0.268 e. The Morgan fingerprint density at radius 3 is 2.88 bits per heavy atom. The van der Waals surface area contributed by atoms with Gasteiger partial charge >= 0.3 is 0 Å². The summed E-state index contributed by atoms with van der Waals surface area (Å²) in [6, 6.07) is 11.7. The van der Waals surface area contributed by atoms with Gasteiger partial charge in [0, 0.05) is 4.88 Å². The molecule has 1 aliphatic rings. The van der Waals surface area contributed by atoms with E-state index >= 15 is 0 Å². The monoisotopic (exact) mass is 340 g/mol. The summed E-state index contributed by atoms with van der Waals surface area (Å²) < 4.78 is 0. The van der Waals surface area contributed by atoms with Gasteiger partial charge in [-0.1, -0.05) is 12.1 Å². The number of nitrogens with zero attached hydrogens (tertiary/aromatic N) is 1. The molecule has 0 unspecified atom stereocenters. The average Bonchev–Trinajstić information content (AvgIpc) is 3.22. The third-order valence-corrected chi connectivity index (χ3v) is 5.56. The number of rotatable bonds is 4. The number of aromatic nitrogens is 2.